The normalized spacial score (nSPS) is 15.0. The van der Waals surface area contributed by atoms with Crippen molar-refractivity contribution in [2.75, 3.05) is 18.5 Å². The van der Waals surface area contributed by atoms with E-state index < -0.39 is 17.1 Å². The minimum atomic E-state index is -0.538. The van der Waals surface area contributed by atoms with E-state index in [0.717, 1.165) is 20.2 Å². The smallest absolute Gasteiger partial charge is 0.294 e. The van der Waals surface area contributed by atoms with Crippen molar-refractivity contribution in [1.82, 2.24) is 4.90 Å². The highest BCUT2D eigenvalue weighted by Gasteiger charge is 2.36. The number of aromatic hydroxyl groups is 1. The van der Waals surface area contributed by atoms with Crippen LogP contribution in [0.3, 0.4) is 0 Å². The number of nitrogens with one attached hydrogen (secondary N) is 1. The average Bonchev–Trinajstić information content (AvgIpc) is 2.95. The third-order valence-corrected chi connectivity index (χ3v) is 6.40. The molecule has 2 N–H and O–H groups in total. The van der Waals surface area contributed by atoms with Gasteiger partial charge in [0, 0.05) is 9.26 Å². The van der Waals surface area contributed by atoms with Gasteiger partial charge >= 0.3 is 0 Å². The van der Waals surface area contributed by atoms with Crippen molar-refractivity contribution in [3.05, 3.63) is 54.0 Å². The third-order valence-electron chi connectivity index (χ3n) is 3.95. The lowest BCUT2D eigenvalue weighted by atomic mass is 10.2. The number of amides is 3. The molecule has 7 nitrogen and oxygen atoms in total. The van der Waals surface area contributed by atoms with Crippen LogP contribution in [0, 0.1) is 7.14 Å². The van der Waals surface area contributed by atoms with Crippen molar-refractivity contribution < 1.29 is 24.2 Å². The summed E-state index contributed by atoms with van der Waals surface area (Å²) in [5, 5.41) is 12.2. The number of carbonyl (C=O) groups excluding carboxylic acids is 3. The summed E-state index contributed by atoms with van der Waals surface area (Å²) in [5.41, 5.74) is 1.19. The molecule has 30 heavy (non-hydrogen) atoms. The molecule has 1 aliphatic heterocycles. The quantitative estimate of drug-likeness (QED) is 0.349. The second kappa shape index (κ2) is 10.0. The summed E-state index contributed by atoms with van der Waals surface area (Å²) < 4.78 is 6.98. The van der Waals surface area contributed by atoms with Crippen LogP contribution >= 0.6 is 56.9 Å². The van der Waals surface area contributed by atoms with Gasteiger partial charge in [-0.25, -0.2) is 0 Å². The zero-order valence-corrected chi connectivity index (χ0v) is 20.8. The molecule has 0 saturated carbocycles. The average molecular weight is 650 g/mol. The number of ether oxygens (including phenoxy) is 1. The van der Waals surface area contributed by atoms with Crippen molar-refractivity contribution in [3.63, 3.8) is 0 Å². The van der Waals surface area contributed by atoms with Crippen molar-refractivity contribution in [2.24, 2.45) is 0 Å². The van der Waals surface area contributed by atoms with Crippen molar-refractivity contribution in [1.29, 1.82) is 0 Å². The highest BCUT2D eigenvalue weighted by molar-refractivity contribution is 14.1. The molecule has 1 fully saturated rings. The Balaban J connectivity index is 1.74. The predicted molar refractivity (Wildman–Crippen MR) is 132 cm³/mol. The van der Waals surface area contributed by atoms with Gasteiger partial charge in [-0.3, -0.25) is 19.3 Å². The number of anilines is 1. The first-order chi connectivity index (χ1) is 14.3. The largest absolute Gasteiger partial charge is 0.504 e. The maximum atomic E-state index is 12.7. The van der Waals surface area contributed by atoms with E-state index in [1.54, 1.807) is 37.3 Å². The number of phenolic OH excluding ortho intramolecular Hbond substituents is 1. The molecule has 1 saturated heterocycles. The summed E-state index contributed by atoms with van der Waals surface area (Å²) in [6.45, 7) is 1.80. The van der Waals surface area contributed by atoms with E-state index in [0.29, 0.717) is 27.2 Å². The molecule has 1 aliphatic rings. The lowest BCUT2D eigenvalue weighted by Crippen LogP contribution is -2.36. The zero-order valence-electron chi connectivity index (χ0n) is 15.6. The Labute approximate surface area is 204 Å². The second-order valence-electron chi connectivity index (χ2n) is 6.11. The van der Waals surface area contributed by atoms with Crippen LogP contribution in [0.15, 0.2) is 41.3 Å². The third kappa shape index (κ3) is 5.46. The molecule has 2 aromatic carbocycles. The number of phenols is 1. The highest BCUT2D eigenvalue weighted by atomic mass is 127. The molecule has 0 radical (unpaired) electrons. The van der Waals surface area contributed by atoms with E-state index in [-0.39, 0.29) is 17.2 Å². The molecule has 10 heteroatoms. The Morgan fingerprint density at radius 3 is 2.60 bits per heavy atom. The van der Waals surface area contributed by atoms with Crippen LogP contribution < -0.4 is 10.1 Å². The number of carbonyl (C=O) groups is 3. The van der Waals surface area contributed by atoms with Gasteiger partial charge in [-0.05, 0) is 112 Å². The number of nitrogens with zero attached hydrogens (tertiary/aromatic N) is 1. The van der Waals surface area contributed by atoms with Crippen LogP contribution in [-0.2, 0) is 9.59 Å². The first-order valence-electron chi connectivity index (χ1n) is 8.74. The molecule has 3 rings (SSSR count). The topological polar surface area (TPSA) is 95.9 Å². The van der Waals surface area contributed by atoms with Gasteiger partial charge in [0.2, 0.25) is 5.91 Å². The first kappa shape index (κ1) is 22.9. The van der Waals surface area contributed by atoms with Crippen molar-refractivity contribution in [3.8, 4) is 11.5 Å². The Morgan fingerprint density at radius 1 is 1.23 bits per heavy atom. The molecule has 0 bridgehead atoms. The molecule has 156 valence electrons. The SMILES string of the molecule is CCOc1cc(/C=C2\SC(=O)N(CC(=O)Nc3ccc(I)cc3)C2=O)cc(I)c1O. The Kier molecular flexibility index (Phi) is 7.63. The first-order valence-corrected chi connectivity index (χ1v) is 11.7. The highest BCUT2D eigenvalue weighted by Crippen LogP contribution is 2.36. The van der Waals surface area contributed by atoms with Gasteiger partial charge in [-0.1, -0.05) is 0 Å². The number of benzene rings is 2. The molecule has 0 aromatic heterocycles. The number of imide groups is 1. The minimum Gasteiger partial charge on any atom is -0.504 e. The predicted octanol–water partition coefficient (Wildman–Crippen LogP) is 4.68. The molecule has 0 unspecified atom stereocenters. The van der Waals surface area contributed by atoms with E-state index in [9.17, 15) is 19.5 Å². The minimum absolute atomic E-state index is 0.0231. The van der Waals surface area contributed by atoms with Gasteiger partial charge in [0.15, 0.2) is 11.5 Å². The van der Waals surface area contributed by atoms with Gasteiger partial charge in [-0.15, -0.1) is 0 Å². The number of hydrogen-bond donors (Lipinski definition) is 2. The monoisotopic (exact) mass is 650 g/mol. The molecule has 2 aromatic rings. The zero-order chi connectivity index (χ0) is 21.8. The Hall–Kier alpha value is -1.80. The molecule has 0 atom stereocenters. The molecular weight excluding hydrogens is 634 g/mol. The maximum absolute atomic E-state index is 12.7. The van der Waals surface area contributed by atoms with Gasteiger partial charge < -0.3 is 15.2 Å². The molecular formula is C20H16I2N2O5S. The molecule has 1 heterocycles. The number of hydrogen-bond acceptors (Lipinski definition) is 6. The summed E-state index contributed by atoms with van der Waals surface area (Å²) in [6.07, 6.45) is 1.55. The van der Waals surface area contributed by atoms with Gasteiger partial charge in [0.05, 0.1) is 15.1 Å². The van der Waals surface area contributed by atoms with Crippen LogP contribution in [0.1, 0.15) is 12.5 Å². The maximum Gasteiger partial charge on any atom is 0.294 e. The number of thioether (sulfide) groups is 1. The van der Waals surface area contributed by atoms with Crippen LogP contribution in [0.25, 0.3) is 6.08 Å². The molecule has 0 aliphatic carbocycles. The summed E-state index contributed by atoms with van der Waals surface area (Å²) >= 11 is 4.89. The van der Waals surface area contributed by atoms with Gasteiger partial charge in [0.25, 0.3) is 11.1 Å². The second-order valence-corrected chi connectivity index (χ2v) is 9.51. The van der Waals surface area contributed by atoms with E-state index >= 15 is 0 Å². The number of rotatable bonds is 6. The number of halogens is 2. The van der Waals surface area contributed by atoms with E-state index in [1.165, 1.54) is 0 Å². The summed E-state index contributed by atoms with van der Waals surface area (Å²) in [5.74, 6) is -0.678. The fraction of sp³-hybridized carbons (Fsp3) is 0.150. The fourth-order valence-corrected chi connectivity index (χ4v) is 4.43. The lowest BCUT2D eigenvalue weighted by Gasteiger charge is -2.12. The van der Waals surface area contributed by atoms with Gasteiger partial charge in [-0.2, -0.15) is 0 Å². The Morgan fingerprint density at radius 2 is 1.93 bits per heavy atom. The van der Waals surface area contributed by atoms with Gasteiger partial charge in [0.1, 0.15) is 6.54 Å². The van der Waals surface area contributed by atoms with Crippen LogP contribution in [0.5, 0.6) is 11.5 Å². The van der Waals surface area contributed by atoms with Crippen LogP contribution in [0.4, 0.5) is 10.5 Å². The van der Waals surface area contributed by atoms with Crippen LogP contribution in [0.2, 0.25) is 0 Å². The van der Waals surface area contributed by atoms with E-state index in [2.05, 4.69) is 27.9 Å². The summed E-state index contributed by atoms with van der Waals surface area (Å²) in [6, 6.07) is 10.4. The Bertz CT molecular complexity index is 1040. The standard InChI is InChI=1S/C20H16I2N2O5S/c1-2-29-15-8-11(7-14(22)18(15)26)9-16-19(27)24(20(28)30-16)10-17(25)23-13-5-3-12(21)4-6-13/h3-9,26H,2,10H2,1H3,(H,23,25)/b16-9-. The molecule has 3 amide bonds. The lowest BCUT2D eigenvalue weighted by molar-refractivity contribution is -0.127. The van der Waals surface area contributed by atoms with Crippen LogP contribution in [-0.4, -0.2) is 40.2 Å². The van der Waals surface area contributed by atoms with E-state index in [4.69, 9.17) is 4.74 Å². The van der Waals surface area contributed by atoms with Crippen molar-refractivity contribution >= 4 is 85.8 Å². The van der Waals surface area contributed by atoms with E-state index in [1.807, 2.05) is 34.7 Å². The summed E-state index contributed by atoms with van der Waals surface area (Å²) in [4.78, 5) is 38.3. The van der Waals surface area contributed by atoms with Crippen molar-refractivity contribution in [2.45, 2.75) is 6.92 Å². The summed E-state index contributed by atoms with van der Waals surface area (Å²) in [7, 11) is 0. The fourth-order valence-electron chi connectivity index (χ4n) is 2.61. The molecule has 0 spiro atoms.